The van der Waals surface area contributed by atoms with Gasteiger partial charge in [-0.1, -0.05) is 85.9 Å². The van der Waals surface area contributed by atoms with Crippen LogP contribution in [0, 0.1) is 5.92 Å². The zero-order valence-corrected chi connectivity index (χ0v) is 29.4. The van der Waals surface area contributed by atoms with E-state index in [1.807, 2.05) is 96.0 Å². The molecule has 1 spiro atoms. The van der Waals surface area contributed by atoms with Crippen LogP contribution in [0.15, 0.2) is 103 Å². The Morgan fingerprint density at radius 2 is 1.71 bits per heavy atom. The normalized spacial score (nSPS) is 21.8. The van der Waals surface area contributed by atoms with E-state index in [0.717, 1.165) is 39.0 Å². The fraction of sp³-hybridized carbons (Fsp3) is 0.300. The largest absolute Gasteiger partial charge is 0.497 e. The van der Waals surface area contributed by atoms with Crippen LogP contribution in [0.5, 0.6) is 5.75 Å². The lowest BCUT2D eigenvalue weighted by molar-refractivity contribution is -0.146. The maximum atomic E-state index is 14.8. The summed E-state index contributed by atoms with van der Waals surface area (Å²) in [6.45, 7) is 7.19. The molecule has 0 aliphatic carbocycles. The molecule has 252 valence electrons. The van der Waals surface area contributed by atoms with Crippen LogP contribution in [0.1, 0.15) is 30.0 Å². The number of benzene rings is 4. The summed E-state index contributed by atoms with van der Waals surface area (Å²) in [5.74, 6) is 0.524. The molecule has 2 amide bonds. The number of rotatable bonds is 10. The topological polar surface area (TPSA) is 104 Å². The SMILES string of the molecule is COc1ccc([Si](C)(C)[C@H]2[C@H](CCO)O[C@@]3(C(=O)N(Cc4ccc(NC(=O)Cc5c[nH]c6ccccc56)cc4)c4ccccc43)[C@@H]2C)cc1. The van der Waals surface area contributed by atoms with Gasteiger partial charge >= 0.3 is 0 Å². The third kappa shape index (κ3) is 5.65. The van der Waals surface area contributed by atoms with Crippen LogP contribution in [0.25, 0.3) is 10.9 Å². The molecule has 3 N–H and O–H groups in total. The van der Waals surface area contributed by atoms with Crippen molar-refractivity contribution in [2.24, 2.45) is 5.92 Å². The first-order valence-electron chi connectivity index (χ1n) is 17.0. The van der Waals surface area contributed by atoms with Crippen LogP contribution < -0.4 is 20.1 Å². The van der Waals surface area contributed by atoms with Crippen LogP contribution >= 0.6 is 0 Å². The average Bonchev–Trinajstić information content (AvgIpc) is 3.73. The lowest BCUT2D eigenvalue weighted by atomic mass is 9.82. The predicted octanol–water partition coefficient (Wildman–Crippen LogP) is 6.50. The maximum Gasteiger partial charge on any atom is 0.264 e. The van der Waals surface area contributed by atoms with E-state index >= 15 is 0 Å². The molecular formula is C40H43N3O5Si. The number of aromatic amines is 1. The first-order valence-corrected chi connectivity index (χ1v) is 20.0. The Balaban J connectivity index is 1.12. The zero-order chi connectivity index (χ0) is 34.3. The lowest BCUT2D eigenvalue weighted by Gasteiger charge is -2.37. The van der Waals surface area contributed by atoms with Gasteiger partial charge in [-0.3, -0.25) is 9.59 Å². The molecule has 0 unspecified atom stereocenters. The molecule has 7 rings (SSSR count). The van der Waals surface area contributed by atoms with Gasteiger partial charge in [0.1, 0.15) is 5.75 Å². The number of para-hydroxylation sites is 2. The van der Waals surface area contributed by atoms with Crippen LogP contribution in [0.4, 0.5) is 11.4 Å². The molecule has 8 nitrogen and oxygen atoms in total. The second-order valence-electron chi connectivity index (χ2n) is 13.9. The summed E-state index contributed by atoms with van der Waals surface area (Å²) in [5.41, 5.74) is 4.27. The van der Waals surface area contributed by atoms with E-state index in [0.29, 0.717) is 18.7 Å². The van der Waals surface area contributed by atoms with Gasteiger partial charge in [0.2, 0.25) is 5.91 Å². The maximum absolute atomic E-state index is 14.8. The van der Waals surface area contributed by atoms with Gasteiger partial charge in [0.25, 0.3) is 5.91 Å². The minimum atomic E-state index is -2.24. The number of carbonyl (C=O) groups excluding carboxylic acids is 2. The van der Waals surface area contributed by atoms with E-state index in [1.165, 1.54) is 5.19 Å². The van der Waals surface area contributed by atoms with E-state index in [1.54, 1.807) is 7.11 Å². The van der Waals surface area contributed by atoms with E-state index < -0.39 is 13.7 Å². The molecule has 0 radical (unpaired) electrons. The van der Waals surface area contributed by atoms with Crippen LogP contribution in [-0.4, -0.2) is 49.8 Å². The van der Waals surface area contributed by atoms with Crippen LogP contribution in [-0.2, 0) is 32.9 Å². The van der Waals surface area contributed by atoms with Gasteiger partial charge in [0.15, 0.2) is 5.60 Å². The second kappa shape index (κ2) is 13.0. The molecule has 0 bridgehead atoms. The van der Waals surface area contributed by atoms with E-state index in [9.17, 15) is 14.7 Å². The minimum absolute atomic E-state index is 0.0126. The number of nitrogens with zero attached hydrogens (tertiary/aromatic N) is 1. The molecule has 2 aliphatic heterocycles. The molecule has 4 atom stereocenters. The quantitative estimate of drug-likeness (QED) is 0.147. The molecular weight excluding hydrogens is 631 g/mol. The van der Waals surface area contributed by atoms with Crippen molar-refractivity contribution in [2.75, 3.05) is 23.9 Å². The number of aromatic nitrogens is 1. The van der Waals surface area contributed by atoms with Gasteiger partial charge in [-0.25, -0.2) is 0 Å². The number of anilines is 2. The summed E-state index contributed by atoms with van der Waals surface area (Å²) in [5, 5.41) is 15.5. The highest BCUT2D eigenvalue weighted by Crippen LogP contribution is 2.60. The third-order valence-electron chi connectivity index (χ3n) is 10.8. The highest BCUT2D eigenvalue weighted by Gasteiger charge is 2.66. The average molecular weight is 674 g/mol. The first kappa shape index (κ1) is 32.8. The van der Waals surface area contributed by atoms with Gasteiger partial charge in [-0.15, -0.1) is 0 Å². The van der Waals surface area contributed by atoms with E-state index in [4.69, 9.17) is 9.47 Å². The Hall–Kier alpha value is -4.70. The molecule has 5 aromatic rings. The van der Waals surface area contributed by atoms with E-state index in [-0.39, 0.29) is 42.4 Å². The van der Waals surface area contributed by atoms with Gasteiger partial charge in [0.05, 0.1) is 39.9 Å². The summed E-state index contributed by atoms with van der Waals surface area (Å²) >= 11 is 0. The van der Waals surface area contributed by atoms with Crippen LogP contribution in [0.3, 0.4) is 0 Å². The second-order valence-corrected chi connectivity index (χ2v) is 18.5. The zero-order valence-electron chi connectivity index (χ0n) is 28.4. The van der Waals surface area contributed by atoms with Crippen molar-refractivity contribution >= 4 is 47.4 Å². The Morgan fingerprint density at radius 1 is 1.00 bits per heavy atom. The molecule has 1 fully saturated rings. The summed E-state index contributed by atoms with van der Waals surface area (Å²) in [4.78, 5) is 32.8. The standard InChI is InChI=1S/C40H43N3O5Si/c1-26-38(49(3,4)31-19-17-30(47-2)18-20-31)36(21-22-44)48-40(26)33-10-6-8-12-35(33)43(39(40)46)25-27-13-15-29(16-14-27)42-37(45)23-28-24-41-34-11-7-5-9-32(28)34/h5-20,24,26,36,38,41,44H,21-23,25H2,1-4H3,(H,42,45)/t26-,36+,38-,40+/m1/s1. The number of H-pyrrole nitrogens is 1. The van der Waals surface area contributed by atoms with Gasteiger partial charge in [-0.2, -0.15) is 0 Å². The van der Waals surface area contributed by atoms with E-state index in [2.05, 4.69) is 42.5 Å². The van der Waals surface area contributed by atoms with Crippen molar-refractivity contribution in [1.29, 1.82) is 0 Å². The van der Waals surface area contributed by atoms with Crippen LogP contribution in [0.2, 0.25) is 18.6 Å². The minimum Gasteiger partial charge on any atom is -0.497 e. The third-order valence-corrected chi connectivity index (χ3v) is 15.1. The molecule has 1 aromatic heterocycles. The summed E-state index contributed by atoms with van der Waals surface area (Å²) in [6.07, 6.45) is 2.34. The molecule has 3 heterocycles. The first-order chi connectivity index (χ1) is 23.7. The molecule has 49 heavy (non-hydrogen) atoms. The Kier molecular flexibility index (Phi) is 8.68. The number of nitrogens with one attached hydrogen (secondary N) is 2. The van der Waals surface area contributed by atoms with Crippen molar-refractivity contribution in [3.63, 3.8) is 0 Å². The highest BCUT2D eigenvalue weighted by atomic mass is 28.3. The van der Waals surface area contributed by atoms with Gasteiger partial charge in [-0.05, 0) is 59.5 Å². The Bertz CT molecular complexity index is 1990. The number of aliphatic hydroxyl groups is 1. The van der Waals surface area contributed by atoms with Crippen molar-refractivity contribution in [1.82, 2.24) is 4.98 Å². The number of ether oxygens (including phenoxy) is 2. The number of aliphatic hydroxyl groups excluding tert-OH is 1. The molecule has 2 aliphatic rings. The van der Waals surface area contributed by atoms with Crippen molar-refractivity contribution in [2.45, 2.75) is 56.7 Å². The lowest BCUT2D eigenvalue weighted by Crippen LogP contribution is -2.51. The molecule has 0 saturated carbocycles. The fourth-order valence-electron chi connectivity index (χ4n) is 8.35. The van der Waals surface area contributed by atoms with Crippen molar-refractivity contribution in [3.8, 4) is 5.75 Å². The summed E-state index contributed by atoms with van der Waals surface area (Å²) in [6, 6.07) is 31.9. The monoisotopic (exact) mass is 673 g/mol. The fourth-order valence-corrected chi connectivity index (χ4v) is 12.4. The van der Waals surface area contributed by atoms with Crippen molar-refractivity contribution in [3.05, 3.63) is 120 Å². The number of carbonyl (C=O) groups is 2. The number of amides is 2. The number of hydrogen-bond acceptors (Lipinski definition) is 5. The number of fused-ring (bicyclic) bond motifs is 3. The smallest absolute Gasteiger partial charge is 0.264 e. The molecule has 4 aromatic carbocycles. The Labute approximate surface area is 288 Å². The van der Waals surface area contributed by atoms with Crippen molar-refractivity contribution < 1.29 is 24.2 Å². The number of hydrogen-bond donors (Lipinski definition) is 3. The summed E-state index contributed by atoms with van der Waals surface area (Å²) < 4.78 is 12.4. The number of methoxy groups -OCH3 is 1. The van der Waals surface area contributed by atoms with Gasteiger partial charge < -0.3 is 29.8 Å². The molecule has 1 saturated heterocycles. The predicted molar refractivity (Wildman–Crippen MR) is 196 cm³/mol. The Morgan fingerprint density at radius 3 is 2.45 bits per heavy atom. The highest BCUT2D eigenvalue weighted by molar-refractivity contribution is 6.91. The molecule has 9 heteroatoms. The summed E-state index contributed by atoms with van der Waals surface area (Å²) in [7, 11) is -0.572. The van der Waals surface area contributed by atoms with Gasteiger partial charge in [0, 0.05) is 40.9 Å².